The first-order valence-electron chi connectivity index (χ1n) is 5.84. The normalized spacial score (nSPS) is 10.0. The number of hydrogen-bond donors (Lipinski definition) is 1. The van der Waals surface area contributed by atoms with Crippen molar-refractivity contribution in [1.29, 1.82) is 5.26 Å². The van der Waals surface area contributed by atoms with E-state index in [-0.39, 0.29) is 28.3 Å². The number of carbonyl (C=O) groups excluding carboxylic acids is 1. The summed E-state index contributed by atoms with van der Waals surface area (Å²) in [5.74, 6) is -0.795. The maximum absolute atomic E-state index is 11.9. The number of aromatic nitrogens is 1. The van der Waals surface area contributed by atoms with E-state index in [2.05, 4.69) is 20.7 Å². The number of esters is 1. The third-order valence-electron chi connectivity index (χ3n) is 2.94. The first-order valence-corrected chi connectivity index (χ1v) is 6.63. The molecule has 0 saturated heterocycles. The molecule has 2 N–H and O–H groups in total. The van der Waals surface area contributed by atoms with E-state index in [1.807, 2.05) is 6.07 Å². The van der Waals surface area contributed by atoms with Gasteiger partial charge in [0.2, 0.25) is 0 Å². The second-order valence-electron chi connectivity index (χ2n) is 4.17. The van der Waals surface area contributed by atoms with Crippen LogP contribution in [0.1, 0.15) is 16.1 Å². The van der Waals surface area contributed by atoms with E-state index in [1.165, 1.54) is 22.9 Å². The van der Waals surface area contributed by atoms with Crippen molar-refractivity contribution in [2.75, 3.05) is 12.8 Å². The van der Waals surface area contributed by atoms with Crippen LogP contribution in [0.4, 0.5) is 11.4 Å². The number of rotatable bonds is 3. The van der Waals surface area contributed by atoms with E-state index in [9.17, 15) is 14.9 Å². The highest BCUT2D eigenvalue weighted by Gasteiger charge is 2.25. The number of ether oxygens (including phenoxy) is 1. The monoisotopic (exact) mass is 364 g/mol. The number of nitrogens with zero attached hydrogens (tertiary/aromatic N) is 3. The minimum absolute atomic E-state index is 0.0256. The molecule has 22 heavy (non-hydrogen) atoms. The topological polar surface area (TPSA) is 124 Å². The molecule has 2 rings (SSSR count). The van der Waals surface area contributed by atoms with Crippen molar-refractivity contribution in [2.24, 2.45) is 0 Å². The lowest BCUT2D eigenvalue weighted by Gasteiger charge is -2.09. The molecule has 0 aliphatic carbocycles. The molecule has 1 aromatic heterocycles. The summed E-state index contributed by atoms with van der Waals surface area (Å²) in [6.45, 7) is 0. The van der Waals surface area contributed by atoms with Crippen molar-refractivity contribution in [2.45, 2.75) is 0 Å². The van der Waals surface area contributed by atoms with Crippen LogP contribution in [-0.4, -0.2) is 22.6 Å². The number of nitrogen functional groups attached to an aromatic ring is 1. The molecule has 0 amide bonds. The van der Waals surface area contributed by atoms with Crippen molar-refractivity contribution >= 4 is 33.3 Å². The molecule has 0 aliphatic rings. The molecular formula is C13H9BrN4O4. The summed E-state index contributed by atoms with van der Waals surface area (Å²) in [5, 5.41) is 20.3. The quantitative estimate of drug-likeness (QED) is 0.506. The Morgan fingerprint density at radius 3 is 2.77 bits per heavy atom. The van der Waals surface area contributed by atoms with Gasteiger partial charge in [0.25, 0.3) is 5.69 Å². The summed E-state index contributed by atoms with van der Waals surface area (Å²) in [4.78, 5) is 22.5. The summed E-state index contributed by atoms with van der Waals surface area (Å²) in [7, 11) is 1.15. The first kappa shape index (κ1) is 15.5. The summed E-state index contributed by atoms with van der Waals surface area (Å²) < 4.78 is 6.32. The van der Waals surface area contributed by atoms with Crippen LogP contribution >= 0.6 is 15.9 Å². The highest BCUT2D eigenvalue weighted by molar-refractivity contribution is 9.10. The zero-order valence-corrected chi connectivity index (χ0v) is 12.8. The Bertz CT molecular complexity index is 822. The number of nitriles is 1. The van der Waals surface area contributed by atoms with Gasteiger partial charge in [-0.1, -0.05) is 15.9 Å². The lowest BCUT2D eigenvalue weighted by atomic mass is 10.2. The molecule has 1 heterocycles. The second-order valence-corrected chi connectivity index (χ2v) is 5.08. The molecule has 0 atom stereocenters. The molecule has 0 unspecified atom stereocenters. The molecule has 0 aliphatic heterocycles. The predicted octanol–water partition coefficient (Wildman–Crippen LogP) is 2.39. The molecular weight excluding hydrogens is 356 g/mol. The van der Waals surface area contributed by atoms with Crippen LogP contribution in [-0.2, 0) is 4.74 Å². The van der Waals surface area contributed by atoms with Gasteiger partial charge in [-0.25, -0.2) is 4.79 Å². The molecule has 9 heteroatoms. The molecule has 1 aromatic carbocycles. The number of halogens is 1. The maximum atomic E-state index is 11.9. The number of nitro groups is 1. The number of hydrogen-bond acceptors (Lipinski definition) is 6. The van der Waals surface area contributed by atoms with E-state index in [0.29, 0.717) is 4.47 Å². The van der Waals surface area contributed by atoms with Gasteiger partial charge in [0, 0.05) is 16.7 Å². The van der Waals surface area contributed by atoms with Gasteiger partial charge in [-0.2, -0.15) is 5.26 Å². The third-order valence-corrected chi connectivity index (χ3v) is 3.43. The van der Waals surface area contributed by atoms with Crippen molar-refractivity contribution in [3.05, 3.63) is 50.2 Å². The van der Waals surface area contributed by atoms with E-state index in [4.69, 9.17) is 11.0 Å². The minimum Gasteiger partial charge on any atom is -0.464 e. The highest BCUT2D eigenvalue weighted by Crippen LogP contribution is 2.31. The Morgan fingerprint density at radius 1 is 1.55 bits per heavy atom. The Morgan fingerprint density at radius 2 is 2.23 bits per heavy atom. The van der Waals surface area contributed by atoms with E-state index in [1.54, 1.807) is 6.07 Å². The molecule has 8 nitrogen and oxygen atoms in total. The van der Waals surface area contributed by atoms with Crippen molar-refractivity contribution in [3.8, 4) is 11.8 Å². The fourth-order valence-electron chi connectivity index (χ4n) is 1.95. The summed E-state index contributed by atoms with van der Waals surface area (Å²) in [6, 6.07) is 6.14. The largest absolute Gasteiger partial charge is 0.464 e. The van der Waals surface area contributed by atoms with Crippen LogP contribution in [0.15, 0.2) is 28.9 Å². The van der Waals surface area contributed by atoms with Crippen LogP contribution in [0.5, 0.6) is 0 Å². The van der Waals surface area contributed by atoms with Crippen LogP contribution in [0.2, 0.25) is 0 Å². The van der Waals surface area contributed by atoms with Crippen molar-refractivity contribution < 1.29 is 14.5 Å². The van der Waals surface area contributed by atoms with Gasteiger partial charge in [0.1, 0.15) is 11.8 Å². The molecule has 0 radical (unpaired) electrons. The summed E-state index contributed by atoms with van der Waals surface area (Å²) in [6.07, 6.45) is 1.26. The number of carbonyl (C=O) groups is 1. The van der Waals surface area contributed by atoms with Crippen LogP contribution < -0.4 is 5.73 Å². The van der Waals surface area contributed by atoms with Crippen LogP contribution in [0, 0.1) is 21.4 Å². The number of benzene rings is 1. The van der Waals surface area contributed by atoms with Gasteiger partial charge in [0.05, 0.1) is 23.3 Å². The Kier molecular flexibility index (Phi) is 4.14. The van der Waals surface area contributed by atoms with Crippen LogP contribution in [0.25, 0.3) is 5.69 Å². The number of methoxy groups -OCH3 is 1. The lowest BCUT2D eigenvalue weighted by Crippen LogP contribution is -2.12. The molecule has 0 spiro atoms. The second kappa shape index (κ2) is 5.87. The average molecular weight is 365 g/mol. The molecule has 112 valence electrons. The van der Waals surface area contributed by atoms with E-state index >= 15 is 0 Å². The Balaban J connectivity index is 2.81. The van der Waals surface area contributed by atoms with Gasteiger partial charge >= 0.3 is 5.97 Å². The smallest absolute Gasteiger partial charge is 0.357 e. The van der Waals surface area contributed by atoms with Gasteiger partial charge in [-0.15, -0.1) is 0 Å². The minimum atomic E-state index is -0.795. The fraction of sp³-hybridized carbons (Fsp3) is 0.0769. The Hall–Kier alpha value is -2.86. The fourth-order valence-corrected chi connectivity index (χ4v) is 2.30. The number of nitrogens with two attached hydrogens (primary N) is 1. The standard InChI is InChI=1S/C13H9BrN4O4/c1-22-13(19)12-11(16)7(5-15)6-17(12)9-3-2-8(14)4-10(9)18(20)21/h2-4,6H,16H2,1H3. The van der Waals surface area contributed by atoms with E-state index in [0.717, 1.165) is 7.11 Å². The third kappa shape index (κ3) is 2.51. The highest BCUT2D eigenvalue weighted by atomic mass is 79.9. The lowest BCUT2D eigenvalue weighted by molar-refractivity contribution is -0.384. The van der Waals surface area contributed by atoms with Crippen LogP contribution in [0.3, 0.4) is 0 Å². The molecule has 0 fully saturated rings. The zero-order valence-electron chi connectivity index (χ0n) is 11.2. The van der Waals surface area contributed by atoms with Crippen molar-refractivity contribution in [3.63, 3.8) is 0 Å². The van der Waals surface area contributed by atoms with Crippen molar-refractivity contribution in [1.82, 2.24) is 4.57 Å². The SMILES string of the molecule is COC(=O)c1c(N)c(C#N)cn1-c1ccc(Br)cc1[N+](=O)[O-]. The van der Waals surface area contributed by atoms with Gasteiger partial charge in [-0.05, 0) is 12.1 Å². The number of nitro benzene ring substituents is 1. The predicted molar refractivity (Wildman–Crippen MR) is 80.6 cm³/mol. The zero-order chi connectivity index (χ0) is 16.4. The molecule has 0 bridgehead atoms. The Labute approximate surface area is 133 Å². The van der Waals surface area contributed by atoms with Gasteiger partial charge in [0.15, 0.2) is 5.69 Å². The molecule has 0 saturated carbocycles. The number of anilines is 1. The van der Waals surface area contributed by atoms with Gasteiger partial charge < -0.3 is 15.0 Å². The maximum Gasteiger partial charge on any atom is 0.357 e. The summed E-state index contributed by atoms with van der Waals surface area (Å²) in [5.41, 5.74) is 5.41. The average Bonchev–Trinajstić information content (AvgIpc) is 2.83. The molecule has 2 aromatic rings. The van der Waals surface area contributed by atoms with E-state index < -0.39 is 10.9 Å². The van der Waals surface area contributed by atoms with Gasteiger partial charge in [-0.3, -0.25) is 10.1 Å². The first-order chi connectivity index (χ1) is 10.4. The summed E-state index contributed by atoms with van der Waals surface area (Å²) >= 11 is 3.15.